The summed E-state index contributed by atoms with van der Waals surface area (Å²) in [7, 11) is 4.30. The Morgan fingerprint density at radius 2 is 1.75 bits per heavy atom. The zero-order chi connectivity index (χ0) is 15.3. The summed E-state index contributed by atoms with van der Waals surface area (Å²) in [5.74, 6) is -0.780. The molecule has 0 radical (unpaired) electrons. The minimum absolute atomic E-state index is 0.286. The van der Waals surface area contributed by atoms with E-state index in [9.17, 15) is 9.59 Å². The summed E-state index contributed by atoms with van der Waals surface area (Å²) in [4.78, 5) is 25.5. The molecular formula is C14H18BrNO4. The summed E-state index contributed by atoms with van der Waals surface area (Å²) in [5, 5.41) is 0. The molecule has 0 aliphatic carbocycles. The molecule has 0 bridgehead atoms. The van der Waals surface area contributed by atoms with Crippen LogP contribution in [0.4, 0.5) is 0 Å². The highest BCUT2D eigenvalue weighted by Crippen LogP contribution is 2.23. The molecule has 2 atom stereocenters. The van der Waals surface area contributed by atoms with Crippen LogP contribution in [0.2, 0.25) is 0 Å². The lowest BCUT2D eigenvalue weighted by atomic mass is 10.1. The third kappa shape index (κ3) is 3.80. The minimum Gasteiger partial charge on any atom is -0.467 e. The van der Waals surface area contributed by atoms with Crippen LogP contribution in [0, 0.1) is 0 Å². The molecule has 0 heterocycles. The Balaban J connectivity index is 3.09. The van der Waals surface area contributed by atoms with E-state index in [1.54, 1.807) is 26.1 Å². The molecule has 1 aromatic carbocycles. The predicted octanol–water partition coefficient (Wildman–Crippen LogP) is 2.16. The zero-order valence-corrected chi connectivity index (χ0v) is 13.5. The van der Waals surface area contributed by atoms with Crippen LogP contribution in [0.5, 0.6) is 0 Å². The van der Waals surface area contributed by atoms with Crippen LogP contribution in [0.15, 0.2) is 28.7 Å². The Kier molecular flexibility index (Phi) is 6.16. The molecule has 20 heavy (non-hydrogen) atoms. The number of carbonyl (C=O) groups is 2. The SMILES string of the molecule is COC(=O)C(c1ccc(Br)cc1)N(C)C(=O)C(C)OC. The second-order valence-corrected chi connectivity index (χ2v) is 5.22. The van der Waals surface area contributed by atoms with Gasteiger partial charge in [-0.15, -0.1) is 0 Å². The number of ether oxygens (including phenoxy) is 2. The number of likely N-dealkylation sites (N-methyl/N-ethyl adjacent to an activating group) is 1. The van der Waals surface area contributed by atoms with E-state index < -0.39 is 18.1 Å². The van der Waals surface area contributed by atoms with Crippen molar-refractivity contribution in [1.82, 2.24) is 4.90 Å². The van der Waals surface area contributed by atoms with E-state index in [1.165, 1.54) is 19.1 Å². The lowest BCUT2D eigenvalue weighted by Gasteiger charge is -2.28. The second-order valence-electron chi connectivity index (χ2n) is 4.30. The van der Waals surface area contributed by atoms with Crippen molar-refractivity contribution in [1.29, 1.82) is 0 Å². The van der Waals surface area contributed by atoms with Gasteiger partial charge in [0.15, 0.2) is 6.04 Å². The summed E-state index contributed by atoms with van der Waals surface area (Å²) in [5.41, 5.74) is 0.680. The van der Waals surface area contributed by atoms with Crippen LogP contribution in [0.3, 0.4) is 0 Å². The van der Waals surface area contributed by atoms with Gasteiger partial charge in [-0.2, -0.15) is 0 Å². The van der Waals surface area contributed by atoms with E-state index in [1.807, 2.05) is 12.1 Å². The summed E-state index contributed by atoms with van der Waals surface area (Å²) >= 11 is 3.33. The van der Waals surface area contributed by atoms with Crippen molar-refractivity contribution in [3.05, 3.63) is 34.3 Å². The maximum Gasteiger partial charge on any atom is 0.333 e. The van der Waals surface area contributed by atoms with Crippen LogP contribution < -0.4 is 0 Å². The van der Waals surface area contributed by atoms with Gasteiger partial charge in [0.25, 0.3) is 5.91 Å². The number of rotatable bonds is 5. The number of hydrogen-bond donors (Lipinski definition) is 0. The second kappa shape index (κ2) is 7.40. The van der Waals surface area contributed by atoms with Gasteiger partial charge in [0.2, 0.25) is 0 Å². The molecule has 0 aromatic heterocycles. The van der Waals surface area contributed by atoms with Crippen molar-refractivity contribution in [3.8, 4) is 0 Å². The first-order valence-corrected chi connectivity index (χ1v) is 6.84. The van der Waals surface area contributed by atoms with Crippen LogP contribution in [-0.4, -0.2) is 44.1 Å². The maximum absolute atomic E-state index is 12.2. The molecule has 0 fully saturated rings. The fraction of sp³-hybridized carbons (Fsp3) is 0.429. The number of halogens is 1. The topological polar surface area (TPSA) is 55.8 Å². The summed E-state index contributed by atoms with van der Waals surface area (Å²) in [6.07, 6.45) is -0.623. The predicted molar refractivity (Wildman–Crippen MR) is 78.1 cm³/mol. The fourth-order valence-electron chi connectivity index (χ4n) is 1.79. The molecule has 0 aliphatic heterocycles. The summed E-state index contributed by atoms with van der Waals surface area (Å²) < 4.78 is 10.7. The van der Waals surface area contributed by atoms with Crippen LogP contribution in [0.25, 0.3) is 0 Å². The molecule has 1 amide bonds. The lowest BCUT2D eigenvalue weighted by molar-refractivity contribution is -0.155. The first-order chi connectivity index (χ1) is 9.42. The third-order valence-corrected chi connectivity index (χ3v) is 3.58. The molecule has 6 heteroatoms. The van der Waals surface area contributed by atoms with Crippen molar-refractivity contribution in [2.75, 3.05) is 21.3 Å². The van der Waals surface area contributed by atoms with Crippen molar-refractivity contribution in [2.45, 2.75) is 19.1 Å². The van der Waals surface area contributed by atoms with Crippen LogP contribution >= 0.6 is 15.9 Å². The summed E-state index contributed by atoms with van der Waals surface area (Å²) in [6.45, 7) is 1.63. The van der Waals surface area contributed by atoms with Crippen molar-refractivity contribution in [3.63, 3.8) is 0 Å². The quantitative estimate of drug-likeness (QED) is 0.768. The Labute approximate surface area is 127 Å². The van der Waals surface area contributed by atoms with Crippen LogP contribution in [0.1, 0.15) is 18.5 Å². The molecule has 0 N–H and O–H groups in total. The number of carbonyl (C=O) groups excluding carboxylic acids is 2. The van der Waals surface area contributed by atoms with E-state index >= 15 is 0 Å². The fourth-order valence-corrected chi connectivity index (χ4v) is 2.05. The van der Waals surface area contributed by atoms with Gasteiger partial charge < -0.3 is 14.4 Å². The Morgan fingerprint density at radius 1 is 1.20 bits per heavy atom. The lowest BCUT2D eigenvalue weighted by Crippen LogP contribution is -2.41. The van der Waals surface area contributed by atoms with Crippen molar-refractivity contribution in [2.24, 2.45) is 0 Å². The average molecular weight is 344 g/mol. The molecule has 0 spiro atoms. The van der Waals surface area contributed by atoms with Crippen molar-refractivity contribution < 1.29 is 19.1 Å². The highest BCUT2D eigenvalue weighted by Gasteiger charge is 2.31. The zero-order valence-electron chi connectivity index (χ0n) is 11.9. The van der Waals surface area contributed by atoms with Gasteiger partial charge in [-0.3, -0.25) is 4.79 Å². The minimum atomic E-state index is -0.793. The number of esters is 1. The molecular weight excluding hydrogens is 326 g/mol. The van der Waals surface area contributed by atoms with E-state index in [2.05, 4.69) is 15.9 Å². The van der Waals surface area contributed by atoms with Crippen molar-refractivity contribution >= 4 is 27.8 Å². The largest absolute Gasteiger partial charge is 0.467 e. The molecule has 1 aromatic rings. The Morgan fingerprint density at radius 3 is 2.20 bits per heavy atom. The Bertz CT molecular complexity index is 475. The van der Waals surface area contributed by atoms with Gasteiger partial charge in [-0.25, -0.2) is 4.79 Å². The van der Waals surface area contributed by atoms with Gasteiger partial charge in [-0.1, -0.05) is 28.1 Å². The van der Waals surface area contributed by atoms with E-state index in [-0.39, 0.29) is 5.91 Å². The molecule has 0 saturated carbocycles. The highest BCUT2D eigenvalue weighted by atomic mass is 79.9. The van der Waals surface area contributed by atoms with E-state index in [0.717, 1.165) is 4.47 Å². The van der Waals surface area contributed by atoms with Gasteiger partial charge in [0.1, 0.15) is 6.10 Å². The normalized spacial score (nSPS) is 13.4. The number of amides is 1. The van der Waals surface area contributed by atoms with Gasteiger partial charge in [0, 0.05) is 18.6 Å². The molecule has 0 aliphatic rings. The monoisotopic (exact) mass is 343 g/mol. The average Bonchev–Trinajstić information content (AvgIpc) is 2.47. The molecule has 110 valence electrons. The number of methoxy groups -OCH3 is 2. The van der Waals surface area contributed by atoms with Crippen LogP contribution in [-0.2, 0) is 19.1 Å². The van der Waals surface area contributed by atoms with Gasteiger partial charge in [0.05, 0.1) is 7.11 Å². The smallest absolute Gasteiger partial charge is 0.333 e. The van der Waals surface area contributed by atoms with Gasteiger partial charge in [-0.05, 0) is 24.6 Å². The standard InChI is InChI=1S/C14H18BrNO4/c1-9(19-3)13(17)16(2)12(14(18)20-4)10-5-7-11(15)8-6-10/h5-9,12H,1-4H3. The third-order valence-electron chi connectivity index (χ3n) is 3.05. The number of hydrogen-bond acceptors (Lipinski definition) is 4. The highest BCUT2D eigenvalue weighted by molar-refractivity contribution is 9.10. The molecule has 5 nitrogen and oxygen atoms in total. The van der Waals surface area contributed by atoms with E-state index in [4.69, 9.17) is 9.47 Å². The number of benzene rings is 1. The first kappa shape index (κ1) is 16.7. The Hall–Kier alpha value is -1.40. The molecule has 0 saturated heterocycles. The van der Waals surface area contributed by atoms with E-state index in [0.29, 0.717) is 5.56 Å². The summed E-state index contributed by atoms with van der Waals surface area (Å²) in [6, 6.07) is 6.37. The maximum atomic E-state index is 12.2. The van der Waals surface area contributed by atoms with Gasteiger partial charge >= 0.3 is 5.97 Å². The first-order valence-electron chi connectivity index (χ1n) is 6.05. The molecule has 1 rings (SSSR count). The molecule has 2 unspecified atom stereocenters. The number of nitrogens with zero attached hydrogens (tertiary/aromatic N) is 1.